The first-order valence-electron chi connectivity index (χ1n) is 6.88. The molecule has 0 aromatic carbocycles. The van der Waals surface area contributed by atoms with Crippen LogP contribution in [0, 0.1) is 10.8 Å². The molecule has 1 aliphatic rings. The number of nitrogens with one attached hydrogen (secondary N) is 1. The van der Waals surface area contributed by atoms with Gasteiger partial charge >= 0.3 is 0 Å². The molecule has 1 N–H and O–H groups in total. The van der Waals surface area contributed by atoms with Crippen LogP contribution in [0.4, 0.5) is 0 Å². The highest BCUT2D eigenvalue weighted by atomic mass is 16.2. The van der Waals surface area contributed by atoms with E-state index in [1.54, 1.807) is 0 Å². The van der Waals surface area contributed by atoms with Crippen molar-refractivity contribution in [1.29, 1.82) is 0 Å². The monoisotopic (exact) mass is 253 g/mol. The van der Waals surface area contributed by atoms with Gasteiger partial charge in [-0.3, -0.25) is 4.79 Å². The van der Waals surface area contributed by atoms with Crippen molar-refractivity contribution in [1.82, 2.24) is 5.32 Å². The molecule has 1 saturated carbocycles. The van der Waals surface area contributed by atoms with Gasteiger partial charge in [-0.1, -0.05) is 27.7 Å². The fourth-order valence-corrected chi connectivity index (χ4v) is 3.54. The Morgan fingerprint density at radius 3 is 2.00 bits per heavy atom. The highest BCUT2D eigenvalue weighted by Gasteiger charge is 2.38. The number of rotatable bonds is 4. The summed E-state index contributed by atoms with van der Waals surface area (Å²) >= 11 is 0. The van der Waals surface area contributed by atoms with E-state index in [9.17, 15) is 9.59 Å². The molecule has 0 aromatic rings. The summed E-state index contributed by atoms with van der Waals surface area (Å²) in [6.07, 6.45) is 3.93. The van der Waals surface area contributed by atoms with Gasteiger partial charge in [-0.2, -0.15) is 0 Å². The lowest BCUT2D eigenvalue weighted by atomic mass is 9.63. The first-order valence-corrected chi connectivity index (χ1v) is 6.88. The molecule has 0 saturated heterocycles. The quantitative estimate of drug-likeness (QED) is 0.837. The van der Waals surface area contributed by atoms with Crippen LogP contribution < -0.4 is 5.32 Å². The molecule has 0 aliphatic heterocycles. The van der Waals surface area contributed by atoms with E-state index in [4.69, 9.17) is 0 Å². The zero-order chi connectivity index (χ0) is 14.0. The molecule has 1 fully saturated rings. The number of Topliss-reactive ketones (excluding diaryl/α,β-unsaturated/α-hetero) is 1. The van der Waals surface area contributed by atoms with Gasteiger partial charge in [-0.25, -0.2) is 0 Å². The van der Waals surface area contributed by atoms with E-state index in [1.807, 2.05) is 0 Å². The molecule has 0 spiro atoms. The van der Waals surface area contributed by atoms with E-state index in [2.05, 4.69) is 33.0 Å². The maximum atomic E-state index is 11.8. The number of carbonyl (C=O) groups is 2. The Balaban J connectivity index is 2.51. The van der Waals surface area contributed by atoms with Crippen LogP contribution in [-0.4, -0.2) is 17.7 Å². The predicted molar refractivity (Wildman–Crippen MR) is 73.3 cm³/mol. The van der Waals surface area contributed by atoms with Crippen LogP contribution in [0.2, 0.25) is 0 Å². The van der Waals surface area contributed by atoms with Crippen molar-refractivity contribution in [2.75, 3.05) is 0 Å². The van der Waals surface area contributed by atoms with Gasteiger partial charge in [0.15, 0.2) is 0 Å². The largest absolute Gasteiger partial charge is 0.353 e. The molecular weight excluding hydrogens is 226 g/mol. The number of hydrogen-bond donors (Lipinski definition) is 1. The van der Waals surface area contributed by atoms with E-state index in [0.717, 1.165) is 12.8 Å². The van der Waals surface area contributed by atoms with Gasteiger partial charge in [0, 0.05) is 18.9 Å². The molecule has 0 unspecified atom stereocenters. The van der Waals surface area contributed by atoms with Crippen LogP contribution in [0.5, 0.6) is 0 Å². The SMILES string of the molecule is CC(=O)CCC(=O)NC1CC(C)(C)CC(C)(C)C1. The fraction of sp³-hybridized carbons (Fsp3) is 0.867. The summed E-state index contributed by atoms with van der Waals surface area (Å²) in [5.41, 5.74) is 0.556. The molecule has 18 heavy (non-hydrogen) atoms. The Hall–Kier alpha value is -0.860. The van der Waals surface area contributed by atoms with Crippen molar-refractivity contribution in [3.05, 3.63) is 0 Å². The van der Waals surface area contributed by atoms with Gasteiger partial charge < -0.3 is 10.1 Å². The van der Waals surface area contributed by atoms with Gasteiger partial charge in [0.25, 0.3) is 0 Å². The molecule has 1 amide bonds. The zero-order valence-electron chi connectivity index (χ0n) is 12.4. The lowest BCUT2D eigenvalue weighted by molar-refractivity contribution is -0.125. The van der Waals surface area contributed by atoms with Gasteiger partial charge in [0.2, 0.25) is 5.91 Å². The van der Waals surface area contributed by atoms with E-state index < -0.39 is 0 Å². The molecule has 1 rings (SSSR count). The highest BCUT2D eigenvalue weighted by Crippen LogP contribution is 2.45. The topological polar surface area (TPSA) is 46.2 Å². The van der Waals surface area contributed by atoms with Crippen LogP contribution in [0.3, 0.4) is 0 Å². The summed E-state index contributed by atoms with van der Waals surface area (Å²) < 4.78 is 0. The third kappa shape index (κ3) is 5.19. The van der Waals surface area contributed by atoms with Crippen molar-refractivity contribution in [3.63, 3.8) is 0 Å². The summed E-state index contributed by atoms with van der Waals surface area (Å²) in [5.74, 6) is 0.0955. The summed E-state index contributed by atoms with van der Waals surface area (Å²) in [7, 11) is 0. The Bertz CT molecular complexity index is 315. The van der Waals surface area contributed by atoms with Gasteiger partial charge in [0.1, 0.15) is 5.78 Å². The van der Waals surface area contributed by atoms with E-state index in [1.165, 1.54) is 13.3 Å². The summed E-state index contributed by atoms with van der Waals surface area (Å²) in [6.45, 7) is 10.6. The molecule has 0 aromatic heterocycles. The van der Waals surface area contributed by atoms with Crippen LogP contribution >= 0.6 is 0 Å². The Labute approximate surface area is 111 Å². The van der Waals surface area contributed by atoms with Gasteiger partial charge in [-0.05, 0) is 37.0 Å². The van der Waals surface area contributed by atoms with Crippen molar-refractivity contribution in [2.45, 2.75) is 72.8 Å². The second-order valence-electron chi connectivity index (χ2n) is 7.38. The maximum absolute atomic E-state index is 11.8. The Morgan fingerprint density at radius 2 is 1.56 bits per heavy atom. The first-order chi connectivity index (χ1) is 8.10. The van der Waals surface area contributed by atoms with Crippen LogP contribution in [0.15, 0.2) is 0 Å². The predicted octanol–water partition coefficient (Wildman–Crippen LogP) is 3.08. The molecular formula is C15H27NO2. The molecule has 3 nitrogen and oxygen atoms in total. The van der Waals surface area contributed by atoms with Gasteiger partial charge in [-0.15, -0.1) is 0 Å². The zero-order valence-corrected chi connectivity index (χ0v) is 12.4. The molecule has 0 bridgehead atoms. The normalized spacial score (nSPS) is 22.5. The van der Waals surface area contributed by atoms with Crippen LogP contribution in [0.25, 0.3) is 0 Å². The average molecular weight is 253 g/mol. The standard InChI is InChI=1S/C15H27NO2/c1-11(17)6-7-13(18)16-12-8-14(2,3)10-15(4,5)9-12/h12H,6-10H2,1-5H3,(H,16,18). The highest BCUT2D eigenvalue weighted by molar-refractivity contribution is 5.83. The molecule has 0 radical (unpaired) electrons. The van der Waals surface area contributed by atoms with Crippen LogP contribution in [-0.2, 0) is 9.59 Å². The number of carbonyl (C=O) groups excluding carboxylic acids is 2. The average Bonchev–Trinajstić information content (AvgIpc) is 2.09. The molecule has 104 valence electrons. The summed E-state index contributed by atoms with van der Waals surface area (Å²) in [5, 5.41) is 3.09. The third-order valence-electron chi connectivity index (χ3n) is 3.62. The number of hydrogen-bond acceptors (Lipinski definition) is 2. The van der Waals surface area contributed by atoms with E-state index >= 15 is 0 Å². The molecule has 0 heterocycles. The Morgan fingerprint density at radius 1 is 1.06 bits per heavy atom. The van der Waals surface area contributed by atoms with Crippen LogP contribution in [0.1, 0.15) is 66.7 Å². The van der Waals surface area contributed by atoms with Crippen molar-refractivity contribution in [3.8, 4) is 0 Å². The molecule has 3 heteroatoms. The number of amides is 1. The first kappa shape index (κ1) is 15.2. The van der Waals surface area contributed by atoms with E-state index in [0.29, 0.717) is 12.8 Å². The van der Waals surface area contributed by atoms with Gasteiger partial charge in [0.05, 0.1) is 0 Å². The number of ketones is 1. The Kier molecular flexibility index (Phi) is 4.57. The molecule has 0 atom stereocenters. The van der Waals surface area contributed by atoms with E-state index in [-0.39, 0.29) is 28.6 Å². The lowest BCUT2D eigenvalue weighted by Crippen LogP contribution is -2.46. The van der Waals surface area contributed by atoms with Crippen molar-refractivity contribution in [2.24, 2.45) is 10.8 Å². The fourth-order valence-electron chi connectivity index (χ4n) is 3.54. The third-order valence-corrected chi connectivity index (χ3v) is 3.62. The summed E-state index contributed by atoms with van der Waals surface area (Å²) in [6, 6.07) is 0.253. The summed E-state index contributed by atoms with van der Waals surface area (Å²) in [4.78, 5) is 22.6. The lowest BCUT2D eigenvalue weighted by Gasteiger charge is -2.45. The van der Waals surface area contributed by atoms with Crippen molar-refractivity contribution < 1.29 is 9.59 Å². The van der Waals surface area contributed by atoms with Crippen molar-refractivity contribution >= 4 is 11.7 Å². The second-order valence-corrected chi connectivity index (χ2v) is 7.38. The molecule has 1 aliphatic carbocycles. The minimum atomic E-state index is 0.0173. The minimum Gasteiger partial charge on any atom is -0.353 e. The maximum Gasteiger partial charge on any atom is 0.220 e. The minimum absolute atomic E-state index is 0.0173. The second kappa shape index (κ2) is 5.41. The smallest absolute Gasteiger partial charge is 0.220 e.